The number of carbonyl (C=O) groups excluding carboxylic acids is 2. The number of sulfonamides is 1. The molecular formula is C20H15ClN4O6S. The van der Waals surface area contributed by atoms with Gasteiger partial charge in [-0.25, -0.2) is 8.42 Å². The number of halogens is 1. The number of hydrogen-bond acceptors (Lipinski definition) is 6. The molecule has 12 heteroatoms. The number of nitrogens with zero attached hydrogens (tertiary/aromatic N) is 1. The molecule has 0 aliphatic rings. The maximum absolute atomic E-state index is 12.6. The van der Waals surface area contributed by atoms with Crippen LogP contribution in [-0.2, 0) is 10.0 Å². The van der Waals surface area contributed by atoms with Crippen LogP contribution in [0.15, 0.2) is 77.7 Å². The van der Waals surface area contributed by atoms with Crippen molar-refractivity contribution < 1.29 is 22.9 Å². The number of rotatable bonds is 6. The maximum Gasteiger partial charge on any atom is 0.270 e. The molecule has 0 unspecified atom stereocenters. The predicted octanol–water partition coefficient (Wildman–Crippen LogP) is 3.12. The van der Waals surface area contributed by atoms with Gasteiger partial charge in [-0.2, -0.15) is 0 Å². The Bertz CT molecular complexity index is 1300. The molecule has 3 aromatic carbocycles. The highest BCUT2D eigenvalue weighted by Crippen LogP contribution is 2.19. The first-order valence-electron chi connectivity index (χ1n) is 8.89. The summed E-state index contributed by atoms with van der Waals surface area (Å²) in [5, 5.41) is 11.3. The van der Waals surface area contributed by atoms with E-state index in [2.05, 4.69) is 15.6 Å². The summed E-state index contributed by atoms with van der Waals surface area (Å²) >= 11 is 5.79. The SMILES string of the molecule is O=C(NNC(=O)c1cccc(S(=O)(=O)Nc2ccc(Cl)cc2)c1)c1cccc([N+](=O)[O-])c1. The van der Waals surface area contributed by atoms with E-state index < -0.39 is 26.8 Å². The number of hydrazine groups is 1. The standard InChI is InChI=1S/C20H15ClN4O6S/c21-15-7-9-16(10-8-15)24-32(30,31)18-6-2-4-14(12-18)20(27)23-22-19(26)13-3-1-5-17(11-13)25(28)29/h1-12,24H,(H,22,26)(H,23,27). The van der Waals surface area contributed by atoms with Crippen molar-refractivity contribution in [3.05, 3.63) is 99.1 Å². The van der Waals surface area contributed by atoms with Gasteiger partial charge in [0.15, 0.2) is 0 Å². The number of nitrogens with one attached hydrogen (secondary N) is 3. The Hall–Kier alpha value is -3.96. The third-order valence-electron chi connectivity index (χ3n) is 4.11. The van der Waals surface area contributed by atoms with Gasteiger partial charge in [-0.15, -0.1) is 0 Å². The van der Waals surface area contributed by atoms with Crippen LogP contribution in [0.25, 0.3) is 0 Å². The zero-order valence-electron chi connectivity index (χ0n) is 16.1. The van der Waals surface area contributed by atoms with Crippen LogP contribution >= 0.6 is 11.6 Å². The summed E-state index contributed by atoms with van der Waals surface area (Å²) in [5.74, 6) is -1.57. The number of nitro groups is 1. The highest BCUT2D eigenvalue weighted by molar-refractivity contribution is 7.92. The molecule has 2 amide bonds. The lowest BCUT2D eigenvalue weighted by Gasteiger charge is -2.10. The first kappa shape index (κ1) is 22.7. The Morgan fingerprint density at radius 1 is 0.844 bits per heavy atom. The Morgan fingerprint density at radius 3 is 2.00 bits per heavy atom. The molecule has 0 bridgehead atoms. The van der Waals surface area contributed by atoms with Crippen molar-refractivity contribution in [3.63, 3.8) is 0 Å². The van der Waals surface area contributed by atoms with Crippen LogP contribution in [0.4, 0.5) is 11.4 Å². The summed E-state index contributed by atoms with van der Waals surface area (Å²) in [5.41, 5.74) is 4.20. The molecule has 0 spiro atoms. The van der Waals surface area contributed by atoms with E-state index in [0.29, 0.717) is 5.02 Å². The van der Waals surface area contributed by atoms with Gasteiger partial charge in [0.25, 0.3) is 27.5 Å². The first-order valence-corrected chi connectivity index (χ1v) is 10.8. The topological polar surface area (TPSA) is 148 Å². The molecule has 0 radical (unpaired) electrons. The number of amides is 2. The fourth-order valence-corrected chi connectivity index (χ4v) is 3.79. The normalized spacial score (nSPS) is 10.8. The molecular weight excluding hydrogens is 460 g/mol. The second-order valence-electron chi connectivity index (χ2n) is 6.36. The zero-order valence-corrected chi connectivity index (χ0v) is 17.7. The zero-order chi connectivity index (χ0) is 23.3. The molecule has 3 rings (SSSR count). The van der Waals surface area contributed by atoms with Crippen LogP contribution in [0.5, 0.6) is 0 Å². The third-order valence-corrected chi connectivity index (χ3v) is 5.74. The van der Waals surface area contributed by atoms with Crippen LogP contribution in [0, 0.1) is 10.1 Å². The van der Waals surface area contributed by atoms with Crippen molar-refractivity contribution in [1.29, 1.82) is 0 Å². The van der Waals surface area contributed by atoms with E-state index in [4.69, 9.17) is 11.6 Å². The third kappa shape index (κ3) is 5.59. The van der Waals surface area contributed by atoms with Gasteiger partial charge in [-0.1, -0.05) is 23.7 Å². The van der Waals surface area contributed by atoms with Crippen LogP contribution in [-0.4, -0.2) is 25.2 Å². The van der Waals surface area contributed by atoms with Gasteiger partial charge in [0.1, 0.15) is 0 Å². The smallest absolute Gasteiger partial charge is 0.270 e. The molecule has 0 atom stereocenters. The van der Waals surface area contributed by atoms with Gasteiger partial charge in [0.05, 0.1) is 9.82 Å². The summed E-state index contributed by atoms with van der Waals surface area (Å²) in [6, 6.07) is 16.1. The molecule has 0 saturated heterocycles. The summed E-state index contributed by atoms with van der Waals surface area (Å²) in [7, 11) is -3.99. The molecule has 0 aromatic heterocycles. The number of anilines is 1. The van der Waals surface area contributed by atoms with E-state index in [1.54, 1.807) is 0 Å². The number of carbonyl (C=O) groups is 2. The van der Waals surface area contributed by atoms with Gasteiger partial charge in [0.2, 0.25) is 0 Å². The lowest BCUT2D eigenvalue weighted by molar-refractivity contribution is -0.384. The molecule has 0 aliphatic heterocycles. The quantitative estimate of drug-likeness (QED) is 0.369. The van der Waals surface area contributed by atoms with E-state index in [1.807, 2.05) is 0 Å². The van der Waals surface area contributed by atoms with Crippen LogP contribution in [0.2, 0.25) is 5.02 Å². The van der Waals surface area contributed by atoms with Crippen molar-refractivity contribution in [3.8, 4) is 0 Å². The van der Waals surface area contributed by atoms with Gasteiger partial charge < -0.3 is 0 Å². The van der Waals surface area contributed by atoms with Gasteiger partial charge in [-0.3, -0.25) is 35.3 Å². The number of hydrogen-bond donors (Lipinski definition) is 3. The Labute approximate surface area is 187 Å². The Kier molecular flexibility index (Phi) is 6.71. The summed E-state index contributed by atoms with van der Waals surface area (Å²) < 4.78 is 27.6. The summed E-state index contributed by atoms with van der Waals surface area (Å²) in [4.78, 5) is 34.5. The summed E-state index contributed by atoms with van der Waals surface area (Å²) in [6.07, 6.45) is 0. The molecule has 3 aromatic rings. The molecule has 3 N–H and O–H groups in total. The average Bonchev–Trinajstić information content (AvgIpc) is 2.78. The maximum atomic E-state index is 12.6. The van der Waals surface area contributed by atoms with E-state index in [0.717, 1.165) is 12.1 Å². The van der Waals surface area contributed by atoms with Crippen LogP contribution in [0.3, 0.4) is 0 Å². The van der Waals surface area contributed by atoms with Crippen molar-refractivity contribution in [2.24, 2.45) is 0 Å². The molecule has 0 aliphatic carbocycles. The van der Waals surface area contributed by atoms with Gasteiger partial charge in [-0.05, 0) is 48.5 Å². The molecule has 32 heavy (non-hydrogen) atoms. The van der Waals surface area contributed by atoms with Crippen molar-refractivity contribution >= 4 is 44.8 Å². The van der Waals surface area contributed by atoms with Crippen molar-refractivity contribution in [2.45, 2.75) is 4.90 Å². The van der Waals surface area contributed by atoms with Gasteiger partial charge >= 0.3 is 0 Å². The monoisotopic (exact) mass is 474 g/mol. The van der Waals surface area contributed by atoms with Gasteiger partial charge in [0, 0.05) is 34.0 Å². The Morgan fingerprint density at radius 2 is 1.41 bits per heavy atom. The summed E-state index contributed by atoms with van der Waals surface area (Å²) in [6.45, 7) is 0. The minimum atomic E-state index is -3.99. The van der Waals surface area contributed by atoms with Crippen LogP contribution in [0.1, 0.15) is 20.7 Å². The van der Waals surface area contributed by atoms with E-state index in [-0.39, 0.29) is 27.4 Å². The highest BCUT2D eigenvalue weighted by Gasteiger charge is 2.17. The lowest BCUT2D eigenvalue weighted by atomic mass is 10.2. The number of benzene rings is 3. The first-order chi connectivity index (χ1) is 15.2. The predicted molar refractivity (Wildman–Crippen MR) is 117 cm³/mol. The second-order valence-corrected chi connectivity index (χ2v) is 8.47. The molecule has 10 nitrogen and oxygen atoms in total. The lowest BCUT2D eigenvalue weighted by Crippen LogP contribution is -2.41. The minimum Gasteiger partial charge on any atom is -0.280 e. The van der Waals surface area contributed by atoms with Crippen molar-refractivity contribution in [1.82, 2.24) is 10.9 Å². The van der Waals surface area contributed by atoms with Crippen LogP contribution < -0.4 is 15.6 Å². The molecule has 0 heterocycles. The highest BCUT2D eigenvalue weighted by atomic mass is 35.5. The fourth-order valence-electron chi connectivity index (χ4n) is 2.56. The molecule has 0 saturated carbocycles. The average molecular weight is 475 g/mol. The molecule has 0 fully saturated rings. The fraction of sp³-hybridized carbons (Fsp3) is 0. The minimum absolute atomic E-state index is 0.0386. The van der Waals surface area contributed by atoms with E-state index in [1.165, 1.54) is 60.7 Å². The van der Waals surface area contributed by atoms with E-state index in [9.17, 15) is 28.1 Å². The largest absolute Gasteiger partial charge is 0.280 e. The second kappa shape index (κ2) is 9.45. The molecule has 164 valence electrons. The number of nitro benzene ring substituents is 1. The van der Waals surface area contributed by atoms with E-state index >= 15 is 0 Å². The van der Waals surface area contributed by atoms with Crippen molar-refractivity contribution in [2.75, 3.05) is 4.72 Å². The Balaban J connectivity index is 1.69. The number of non-ortho nitro benzene ring substituents is 1.